The summed E-state index contributed by atoms with van der Waals surface area (Å²) in [4.78, 5) is 13.3. The highest BCUT2D eigenvalue weighted by Crippen LogP contribution is 2.19. The van der Waals surface area contributed by atoms with Crippen molar-refractivity contribution in [3.63, 3.8) is 0 Å². The maximum absolute atomic E-state index is 12.7. The average molecular weight is 223 g/mol. The van der Waals surface area contributed by atoms with Gasteiger partial charge in [0.05, 0.1) is 0 Å². The van der Waals surface area contributed by atoms with Crippen LogP contribution in [0.1, 0.15) is 12.0 Å². The number of carbonyl (C=O) groups excluding carboxylic acids is 1. The summed E-state index contributed by atoms with van der Waals surface area (Å²) in [6, 6.07) is 6.13. The quantitative estimate of drug-likeness (QED) is 0.835. The fourth-order valence-electron chi connectivity index (χ4n) is 1.94. The first-order valence-electron chi connectivity index (χ1n) is 5.32. The first-order valence-corrected chi connectivity index (χ1v) is 5.32. The molecule has 0 spiro atoms. The Morgan fingerprint density at radius 3 is 2.62 bits per heavy atom. The van der Waals surface area contributed by atoms with Crippen LogP contribution in [0.3, 0.4) is 0 Å². The lowest BCUT2D eigenvalue weighted by molar-refractivity contribution is -0.128. The van der Waals surface area contributed by atoms with Crippen molar-refractivity contribution in [1.82, 2.24) is 4.90 Å². The molecule has 1 atom stereocenters. The van der Waals surface area contributed by atoms with Crippen molar-refractivity contribution in [2.24, 2.45) is 5.92 Å². The van der Waals surface area contributed by atoms with E-state index in [-0.39, 0.29) is 24.2 Å². The summed E-state index contributed by atoms with van der Waals surface area (Å²) in [6.45, 7) is 1.13. The van der Waals surface area contributed by atoms with Crippen LogP contribution in [0, 0.1) is 11.7 Å². The number of halogens is 1. The van der Waals surface area contributed by atoms with Crippen LogP contribution in [0.4, 0.5) is 4.39 Å². The highest BCUT2D eigenvalue weighted by atomic mass is 19.1. The van der Waals surface area contributed by atoms with Crippen LogP contribution >= 0.6 is 0 Å². The number of rotatable bonds is 3. The summed E-state index contributed by atoms with van der Waals surface area (Å²) in [5.74, 6) is -0.166. The number of amides is 1. The van der Waals surface area contributed by atoms with Crippen molar-refractivity contribution in [3.8, 4) is 0 Å². The molecule has 16 heavy (non-hydrogen) atoms. The molecule has 0 aromatic heterocycles. The van der Waals surface area contributed by atoms with Crippen molar-refractivity contribution in [2.75, 3.05) is 13.2 Å². The molecule has 1 aromatic rings. The molecular weight excluding hydrogens is 209 g/mol. The third kappa shape index (κ3) is 2.39. The molecule has 1 aromatic carbocycles. The van der Waals surface area contributed by atoms with Gasteiger partial charge in [-0.05, 0) is 17.7 Å². The molecule has 0 aliphatic carbocycles. The lowest BCUT2D eigenvalue weighted by atomic mass is 10.1. The molecule has 1 aliphatic rings. The third-order valence-electron chi connectivity index (χ3n) is 2.84. The summed E-state index contributed by atoms with van der Waals surface area (Å²) < 4.78 is 12.7. The number of benzene rings is 1. The molecule has 0 saturated carbocycles. The molecular formula is C12H14FNO2. The molecule has 0 bridgehead atoms. The Morgan fingerprint density at radius 1 is 1.38 bits per heavy atom. The molecule has 4 heteroatoms. The second kappa shape index (κ2) is 4.61. The van der Waals surface area contributed by atoms with Crippen molar-refractivity contribution in [1.29, 1.82) is 0 Å². The van der Waals surface area contributed by atoms with Gasteiger partial charge in [0.1, 0.15) is 5.82 Å². The molecule has 1 N–H and O–H groups in total. The van der Waals surface area contributed by atoms with Gasteiger partial charge >= 0.3 is 0 Å². The highest BCUT2D eigenvalue weighted by Gasteiger charge is 2.28. The van der Waals surface area contributed by atoms with Gasteiger partial charge in [-0.3, -0.25) is 4.79 Å². The van der Waals surface area contributed by atoms with Crippen molar-refractivity contribution >= 4 is 5.91 Å². The standard InChI is InChI=1S/C12H14FNO2/c13-11-3-1-9(2-4-11)6-14-7-10(8-15)5-12(14)16/h1-4,10,15H,5-8H2/t10-/m0/s1. The molecule has 2 rings (SSSR count). The van der Waals surface area contributed by atoms with Gasteiger partial charge in [0.2, 0.25) is 5.91 Å². The number of likely N-dealkylation sites (tertiary alicyclic amines) is 1. The van der Waals surface area contributed by atoms with Gasteiger partial charge in [-0.1, -0.05) is 12.1 Å². The number of aliphatic hydroxyl groups excluding tert-OH is 1. The van der Waals surface area contributed by atoms with Gasteiger partial charge in [-0.25, -0.2) is 4.39 Å². The molecule has 0 radical (unpaired) electrons. The SMILES string of the molecule is O=C1C[C@H](CO)CN1Cc1ccc(F)cc1. The van der Waals surface area contributed by atoms with E-state index >= 15 is 0 Å². The lowest BCUT2D eigenvalue weighted by Crippen LogP contribution is -2.24. The van der Waals surface area contributed by atoms with Crippen LogP contribution in [0.25, 0.3) is 0 Å². The van der Waals surface area contributed by atoms with E-state index in [9.17, 15) is 9.18 Å². The molecule has 1 aliphatic heterocycles. The zero-order valence-electron chi connectivity index (χ0n) is 8.90. The first kappa shape index (κ1) is 11.1. The number of nitrogens with zero attached hydrogens (tertiary/aromatic N) is 1. The fourth-order valence-corrected chi connectivity index (χ4v) is 1.94. The van der Waals surface area contributed by atoms with E-state index < -0.39 is 0 Å². The van der Waals surface area contributed by atoms with Crippen molar-refractivity contribution in [3.05, 3.63) is 35.6 Å². The van der Waals surface area contributed by atoms with Crippen LogP contribution in [0.5, 0.6) is 0 Å². The van der Waals surface area contributed by atoms with Gasteiger partial charge in [0.15, 0.2) is 0 Å². The van der Waals surface area contributed by atoms with Gasteiger partial charge in [-0.15, -0.1) is 0 Å². The van der Waals surface area contributed by atoms with E-state index in [1.807, 2.05) is 0 Å². The Kier molecular flexibility index (Phi) is 3.19. The van der Waals surface area contributed by atoms with Crippen LogP contribution in [-0.2, 0) is 11.3 Å². The normalized spacial score (nSPS) is 20.5. The maximum Gasteiger partial charge on any atom is 0.223 e. The number of carbonyl (C=O) groups is 1. The number of hydrogen-bond donors (Lipinski definition) is 1. The predicted molar refractivity (Wildman–Crippen MR) is 57.0 cm³/mol. The monoisotopic (exact) mass is 223 g/mol. The van der Waals surface area contributed by atoms with E-state index in [1.165, 1.54) is 12.1 Å². The Labute approximate surface area is 93.5 Å². The summed E-state index contributed by atoms with van der Waals surface area (Å²) in [5, 5.41) is 8.98. The minimum absolute atomic E-state index is 0.0473. The van der Waals surface area contributed by atoms with E-state index in [1.54, 1.807) is 17.0 Å². The van der Waals surface area contributed by atoms with Gasteiger partial charge in [0, 0.05) is 32.0 Å². The summed E-state index contributed by atoms with van der Waals surface area (Å²) in [5.41, 5.74) is 0.910. The van der Waals surface area contributed by atoms with Crippen LogP contribution in [-0.4, -0.2) is 29.1 Å². The average Bonchev–Trinajstić information content (AvgIpc) is 2.63. The molecule has 1 saturated heterocycles. The van der Waals surface area contributed by atoms with Gasteiger partial charge < -0.3 is 10.0 Å². The van der Waals surface area contributed by atoms with E-state index in [2.05, 4.69) is 0 Å². The Morgan fingerprint density at radius 2 is 2.06 bits per heavy atom. The zero-order valence-corrected chi connectivity index (χ0v) is 8.90. The van der Waals surface area contributed by atoms with E-state index in [0.29, 0.717) is 19.5 Å². The molecule has 1 heterocycles. The van der Waals surface area contributed by atoms with Gasteiger partial charge in [0.25, 0.3) is 0 Å². The molecule has 3 nitrogen and oxygen atoms in total. The summed E-state index contributed by atoms with van der Waals surface area (Å²) in [6.07, 6.45) is 0.414. The zero-order chi connectivity index (χ0) is 11.5. The first-order chi connectivity index (χ1) is 7.69. The van der Waals surface area contributed by atoms with Crippen LogP contribution in [0.2, 0.25) is 0 Å². The third-order valence-corrected chi connectivity index (χ3v) is 2.84. The van der Waals surface area contributed by atoms with E-state index in [4.69, 9.17) is 5.11 Å². The molecule has 1 fully saturated rings. The smallest absolute Gasteiger partial charge is 0.223 e. The van der Waals surface area contributed by atoms with Crippen LogP contribution < -0.4 is 0 Å². The van der Waals surface area contributed by atoms with Crippen molar-refractivity contribution in [2.45, 2.75) is 13.0 Å². The van der Waals surface area contributed by atoms with E-state index in [0.717, 1.165) is 5.56 Å². The minimum Gasteiger partial charge on any atom is -0.396 e. The molecule has 86 valence electrons. The van der Waals surface area contributed by atoms with Crippen LogP contribution in [0.15, 0.2) is 24.3 Å². The second-order valence-electron chi connectivity index (χ2n) is 4.15. The lowest BCUT2D eigenvalue weighted by Gasteiger charge is -2.16. The Hall–Kier alpha value is -1.42. The second-order valence-corrected chi connectivity index (χ2v) is 4.15. The van der Waals surface area contributed by atoms with Gasteiger partial charge in [-0.2, -0.15) is 0 Å². The summed E-state index contributed by atoms with van der Waals surface area (Å²) in [7, 11) is 0. The number of aliphatic hydroxyl groups is 1. The fraction of sp³-hybridized carbons (Fsp3) is 0.417. The molecule has 1 amide bonds. The predicted octanol–water partition coefficient (Wildman–Crippen LogP) is 1.17. The minimum atomic E-state index is -0.273. The number of hydrogen-bond acceptors (Lipinski definition) is 2. The van der Waals surface area contributed by atoms with Crippen molar-refractivity contribution < 1.29 is 14.3 Å². The Balaban J connectivity index is 2.00. The molecule has 0 unspecified atom stereocenters. The topological polar surface area (TPSA) is 40.5 Å². The maximum atomic E-state index is 12.7. The Bertz CT molecular complexity index is 377. The summed E-state index contributed by atoms with van der Waals surface area (Å²) >= 11 is 0. The largest absolute Gasteiger partial charge is 0.396 e. The highest BCUT2D eigenvalue weighted by molar-refractivity contribution is 5.78.